The molecular formula is C16H13N3O3S2. The molecule has 2 aromatic carbocycles. The van der Waals surface area contributed by atoms with Gasteiger partial charge in [0, 0.05) is 16.6 Å². The average molecular weight is 359 g/mol. The zero-order chi connectivity index (χ0) is 16.5. The molecule has 1 aliphatic heterocycles. The minimum Gasteiger partial charge on any atom is -0.454 e. The molecule has 0 saturated heterocycles. The number of carbonyl (C=O) groups is 1. The van der Waals surface area contributed by atoms with Crippen molar-refractivity contribution in [2.75, 3.05) is 23.7 Å². The number of ether oxygens (including phenoxy) is 2. The van der Waals surface area contributed by atoms with Crippen molar-refractivity contribution in [3.8, 4) is 11.5 Å². The van der Waals surface area contributed by atoms with Gasteiger partial charge >= 0.3 is 6.03 Å². The van der Waals surface area contributed by atoms with Gasteiger partial charge in [0.05, 0.1) is 10.2 Å². The predicted molar refractivity (Wildman–Crippen MR) is 96.6 cm³/mol. The topological polar surface area (TPSA) is 72.5 Å². The number of thiazole rings is 1. The van der Waals surface area contributed by atoms with Gasteiger partial charge < -0.3 is 14.8 Å². The summed E-state index contributed by atoms with van der Waals surface area (Å²) in [4.78, 5) is 17.7. The molecule has 8 heteroatoms. The lowest BCUT2D eigenvalue weighted by Crippen LogP contribution is -2.19. The lowest BCUT2D eigenvalue weighted by Gasteiger charge is -2.06. The third-order valence-electron chi connectivity index (χ3n) is 3.45. The molecule has 6 nitrogen and oxygen atoms in total. The molecule has 1 aliphatic rings. The van der Waals surface area contributed by atoms with E-state index in [1.54, 1.807) is 30.0 Å². The number of anilines is 2. The molecule has 3 aromatic rings. The van der Waals surface area contributed by atoms with Crippen LogP contribution in [0.4, 0.5) is 15.6 Å². The Labute approximate surface area is 146 Å². The predicted octanol–water partition coefficient (Wildman–Crippen LogP) is 4.39. The number of rotatable bonds is 3. The summed E-state index contributed by atoms with van der Waals surface area (Å²) in [6.07, 6.45) is 2.03. The molecule has 0 bridgehead atoms. The van der Waals surface area contributed by atoms with E-state index in [0.717, 1.165) is 10.2 Å². The summed E-state index contributed by atoms with van der Waals surface area (Å²) >= 11 is 3.12. The second-order valence-electron chi connectivity index (χ2n) is 5.00. The Kier molecular flexibility index (Phi) is 3.91. The second-order valence-corrected chi connectivity index (χ2v) is 6.91. The van der Waals surface area contributed by atoms with Crippen LogP contribution in [0.2, 0.25) is 0 Å². The number of urea groups is 1. The number of hydrogen-bond acceptors (Lipinski definition) is 6. The molecule has 2 heterocycles. The highest BCUT2D eigenvalue weighted by atomic mass is 32.2. The van der Waals surface area contributed by atoms with Gasteiger partial charge in [-0.1, -0.05) is 11.3 Å². The van der Waals surface area contributed by atoms with E-state index < -0.39 is 0 Å². The van der Waals surface area contributed by atoms with Crippen LogP contribution in [0.5, 0.6) is 11.5 Å². The molecule has 0 saturated carbocycles. The van der Waals surface area contributed by atoms with E-state index in [4.69, 9.17) is 9.47 Å². The molecule has 0 radical (unpaired) electrons. The molecular weight excluding hydrogens is 346 g/mol. The molecule has 0 spiro atoms. The minimum absolute atomic E-state index is 0.203. The third kappa shape index (κ3) is 2.98. The van der Waals surface area contributed by atoms with Crippen LogP contribution in [-0.2, 0) is 0 Å². The maximum absolute atomic E-state index is 12.2. The Morgan fingerprint density at radius 1 is 1.17 bits per heavy atom. The van der Waals surface area contributed by atoms with Crippen molar-refractivity contribution >= 4 is 50.2 Å². The number of aromatic nitrogens is 1. The third-order valence-corrected chi connectivity index (χ3v) is 5.11. The number of fused-ring (bicyclic) bond motifs is 2. The zero-order valence-electron chi connectivity index (χ0n) is 12.7. The van der Waals surface area contributed by atoms with Crippen LogP contribution < -0.4 is 20.1 Å². The standard InChI is InChI=1S/C16H13N3O3S2/c1-23-10-3-4-11-14(7-10)24-16(18-11)19-15(20)17-9-2-5-12-13(6-9)22-8-21-12/h2-7H,8H2,1H3,(H2,17,18,19,20). The van der Waals surface area contributed by atoms with Crippen molar-refractivity contribution in [2.45, 2.75) is 4.90 Å². The SMILES string of the molecule is CSc1ccc2nc(NC(=O)Nc3ccc4c(c3)OCO4)sc2c1. The fraction of sp³-hybridized carbons (Fsp3) is 0.125. The van der Waals surface area contributed by atoms with E-state index in [1.165, 1.54) is 16.2 Å². The Bertz CT molecular complexity index is 926. The molecule has 2 N–H and O–H groups in total. The van der Waals surface area contributed by atoms with E-state index in [2.05, 4.69) is 21.7 Å². The Hall–Kier alpha value is -2.45. The van der Waals surface area contributed by atoms with E-state index in [1.807, 2.05) is 18.4 Å². The Morgan fingerprint density at radius 2 is 2.04 bits per heavy atom. The first-order valence-corrected chi connectivity index (χ1v) is 9.17. The second kappa shape index (κ2) is 6.21. The van der Waals surface area contributed by atoms with Gasteiger partial charge in [0.1, 0.15) is 0 Å². The summed E-state index contributed by atoms with van der Waals surface area (Å²) in [5, 5.41) is 6.08. The lowest BCUT2D eigenvalue weighted by molar-refractivity contribution is 0.174. The quantitative estimate of drug-likeness (QED) is 0.679. The van der Waals surface area contributed by atoms with Crippen LogP contribution in [0.15, 0.2) is 41.3 Å². The summed E-state index contributed by atoms with van der Waals surface area (Å²) in [5.74, 6) is 1.30. The van der Waals surface area contributed by atoms with Crippen LogP contribution in [-0.4, -0.2) is 24.1 Å². The molecule has 0 unspecified atom stereocenters. The van der Waals surface area contributed by atoms with Crippen molar-refractivity contribution in [3.05, 3.63) is 36.4 Å². The van der Waals surface area contributed by atoms with Gasteiger partial charge in [-0.3, -0.25) is 5.32 Å². The van der Waals surface area contributed by atoms with Crippen molar-refractivity contribution in [1.29, 1.82) is 0 Å². The number of benzene rings is 2. The summed E-state index contributed by atoms with van der Waals surface area (Å²) in [5.41, 5.74) is 1.50. The molecule has 0 aliphatic carbocycles. The maximum Gasteiger partial charge on any atom is 0.325 e. The summed E-state index contributed by atoms with van der Waals surface area (Å²) in [6, 6.07) is 10.9. The van der Waals surface area contributed by atoms with Crippen molar-refractivity contribution in [1.82, 2.24) is 4.98 Å². The van der Waals surface area contributed by atoms with Gasteiger partial charge in [0.25, 0.3) is 0 Å². The van der Waals surface area contributed by atoms with E-state index in [9.17, 15) is 4.79 Å². The number of thioether (sulfide) groups is 1. The van der Waals surface area contributed by atoms with Gasteiger partial charge in [-0.25, -0.2) is 9.78 Å². The Morgan fingerprint density at radius 3 is 2.92 bits per heavy atom. The van der Waals surface area contributed by atoms with Crippen molar-refractivity contribution in [3.63, 3.8) is 0 Å². The zero-order valence-corrected chi connectivity index (χ0v) is 14.3. The van der Waals surface area contributed by atoms with E-state index in [-0.39, 0.29) is 12.8 Å². The van der Waals surface area contributed by atoms with Crippen molar-refractivity contribution in [2.24, 2.45) is 0 Å². The minimum atomic E-state index is -0.349. The summed E-state index contributed by atoms with van der Waals surface area (Å²) < 4.78 is 11.6. The van der Waals surface area contributed by atoms with Crippen LogP contribution in [0.3, 0.4) is 0 Å². The van der Waals surface area contributed by atoms with Gasteiger partial charge in [-0.05, 0) is 36.6 Å². The number of nitrogens with one attached hydrogen (secondary N) is 2. The first-order valence-electron chi connectivity index (χ1n) is 7.13. The van der Waals surface area contributed by atoms with Crippen LogP contribution in [0.25, 0.3) is 10.2 Å². The average Bonchev–Trinajstić information content (AvgIpc) is 3.19. The fourth-order valence-electron chi connectivity index (χ4n) is 2.32. The molecule has 24 heavy (non-hydrogen) atoms. The lowest BCUT2D eigenvalue weighted by atomic mass is 10.3. The molecule has 0 fully saturated rings. The van der Waals surface area contributed by atoms with E-state index in [0.29, 0.717) is 22.3 Å². The summed E-state index contributed by atoms with van der Waals surface area (Å²) in [7, 11) is 0. The van der Waals surface area contributed by atoms with Crippen LogP contribution >= 0.6 is 23.1 Å². The monoisotopic (exact) mass is 359 g/mol. The molecule has 4 rings (SSSR count). The number of nitrogens with zero attached hydrogens (tertiary/aromatic N) is 1. The normalized spacial score (nSPS) is 12.4. The van der Waals surface area contributed by atoms with Crippen molar-refractivity contribution < 1.29 is 14.3 Å². The highest BCUT2D eigenvalue weighted by Gasteiger charge is 2.14. The van der Waals surface area contributed by atoms with Crippen LogP contribution in [0, 0.1) is 0 Å². The first-order chi connectivity index (χ1) is 11.7. The van der Waals surface area contributed by atoms with Gasteiger partial charge in [-0.15, -0.1) is 11.8 Å². The Balaban J connectivity index is 1.47. The largest absolute Gasteiger partial charge is 0.454 e. The number of carbonyl (C=O) groups excluding carboxylic acids is 1. The molecule has 1 aromatic heterocycles. The molecule has 2 amide bonds. The highest BCUT2D eigenvalue weighted by molar-refractivity contribution is 7.98. The molecule has 0 atom stereocenters. The maximum atomic E-state index is 12.2. The first kappa shape index (κ1) is 15.1. The summed E-state index contributed by atoms with van der Waals surface area (Å²) in [6.45, 7) is 0.203. The van der Waals surface area contributed by atoms with Gasteiger partial charge in [-0.2, -0.15) is 0 Å². The number of hydrogen-bond donors (Lipinski definition) is 2. The van der Waals surface area contributed by atoms with E-state index >= 15 is 0 Å². The smallest absolute Gasteiger partial charge is 0.325 e. The highest BCUT2D eigenvalue weighted by Crippen LogP contribution is 2.34. The number of amides is 2. The fourth-order valence-corrected chi connectivity index (χ4v) is 3.73. The molecule has 122 valence electrons. The van der Waals surface area contributed by atoms with Gasteiger partial charge in [0.15, 0.2) is 16.6 Å². The van der Waals surface area contributed by atoms with Crippen LogP contribution in [0.1, 0.15) is 0 Å². The van der Waals surface area contributed by atoms with Gasteiger partial charge in [0.2, 0.25) is 6.79 Å².